The van der Waals surface area contributed by atoms with Crippen LogP contribution in [0, 0.1) is 0 Å². The first kappa shape index (κ1) is 27.2. The molecule has 0 fully saturated rings. The van der Waals surface area contributed by atoms with Crippen molar-refractivity contribution in [1.82, 2.24) is 15.5 Å². The van der Waals surface area contributed by atoms with Gasteiger partial charge in [-0.2, -0.15) is 0 Å². The van der Waals surface area contributed by atoms with E-state index in [1.807, 2.05) is 25.1 Å². The van der Waals surface area contributed by atoms with Gasteiger partial charge in [-0.15, -0.1) is 24.0 Å². The molecular weight excluding hydrogens is 487 g/mol. The Morgan fingerprint density at radius 3 is 2.41 bits per heavy atom. The molecule has 8 nitrogen and oxygen atoms in total. The monoisotopic (exact) mass is 522 g/mol. The van der Waals surface area contributed by atoms with E-state index in [4.69, 9.17) is 14.2 Å². The lowest BCUT2D eigenvalue weighted by molar-refractivity contribution is -0.127. The van der Waals surface area contributed by atoms with Crippen LogP contribution in [0.15, 0.2) is 23.2 Å². The Hall–Kier alpha value is -1.75. The first-order valence-corrected chi connectivity index (χ1v) is 9.52. The summed E-state index contributed by atoms with van der Waals surface area (Å²) in [5, 5.41) is 6.52. The SMILES string of the molecule is CCOCCCNC(=NCC(=O)N(C)C)NCCc1ccc(OC)c(OC)c1.I. The van der Waals surface area contributed by atoms with Crippen LogP contribution in [-0.4, -0.2) is 77.9 Å². The number of hydrogen-bond acceptors (Lipinski definition) is 5. The van der Waals surface area contributed by atoms with Gasteiger partial charge in [0.25, 0.3) is 0 Å². The highest BCUT2D eigenvalue weighted by Gasteiger charge is 2.06. The van der Waals surface area contributed by atoms with Gasteiger partial charge in [0.2, 0.25) is 5.91 Å². The lowest BCUT2D eigenvalue weighted by atomic mass is 10.1. The third kappa shape index (κ3) is 11.1. The van der Waals surface area contributed by atoms with E-state index in [0.29, 0.717) is 37.2 Å². The molecule has 0 atom stereocenters. The number of aliphatic imine (C=N–C) groups is 1. The van der Waals surface area contributed by atoms with Crippen molar-refractivity contribution in [2.75, 3.05) is 61.2 Å². The lowest BCUT2D eigenvalue weighted by Gasteiger charge is -2.14. The molecule has 2 N–H and O–H groups in total. The minimum Gasteiger partial charge on any atom is -0.493 e. The van der Waals surface area contributed by atoms with Crippen molar-refractivity contribution < 1.29 is 19.0 Å². The third-order valence-electron chi connectivity index (χ3n) is 3.99. The maximum Gasteiger partial charge on any atom is 0.243 e. The molecule has 0 aliphatic rings. The summed E-state index contributed by atoms with van der Waals surface area (Å²) in [5.41, 5.74) is 1.12. The second-order valence-electron chi connectivity index (χ2n) is 6.30. The molecule has 0 saturated carbocycles. The van der Waals surface area contributed by atoms with Crippen molar-refractivity contribution >= 4 is 35.8 Å². The molecule has 1 aromatic carbocycles. The first-order chi connectivity index (χ1) is 13.5. The Balaban J connectivity index is 0.00000784. The molecule has 0 spiro atoms. The van der Waals surface area contributed by atoms with E-state index < -0.39 is 0 Å². The molecule has 29 heavy (non-hydrogen) atoms. The molecule has 0 heterocycles. The average Bonchev–Trinajstić information content (AvgIpc) is 2.70. The molecule has 9 heteroatoms. The van der Waals surface area contributed by atoms with Crippen LogP contribution in [0.25, 0.3) is 0 Å². The van der Waals surface area contributed by atoms with Gasteiger partial charge in [0.1, 0.15) is 6.54 Å². The van der Waals surface area contributed by atoms with E-state index in [1.54, 1.807) is 28.3 Å². The van der Waals surface area contributed by atoms with Gasteiger partial charge < -0.3 is 29.7 Å². The Morgan fingerprint density at radius 1 is 1.10 bits per heavy atom. The maximum absolute atomic E-state index is 11.8. The molecule has 1 rings (SSSR count). The van der Waals surface area contributed by atoms with Crippen LogP contribution in [0.5, 0.6) is 11.5 Å². The summed E-state index contributed by atoms with van der Waals surface area (Å²) in [6.07, 6.45) is 1.65. The molecule has 0 aliphatic heterocycles. The minimum absolute atomic E-state index is 0. The number of likely N-dealkylation sites (N-methyl/N-ethyl adjacent to an activating group) is 1. The summed E-state index contributed by atoms with van der Waals surface area (Å²) in [6, 6.07) is 5.86. The fraction of sp³-hybridized carbons (Fsp3) is 0.600. The lowest BCUT2D eigenvalue weighted by Crippen LogP contribution is -2.40. The van der Waals surface area contributed by atoms with Crippen molar-refractivity contribution in [2.24, 2.45) is 4.99 Å². The highest BCUT2D eigenvalue weighted by atomic mass is 127. The molecule has 0 unspecified atom stereocenters. The second kappa shape index (κ2) is 16.1. The van der Waals surface area contributed by atoms with E-state index in [2.05, 4.69) is 15.6 Å². The Morgan fingerprint density at radius 2 is 1.79 bits per heavy atom. The summed E-state index contributed by atoms with van der Waals surface area (Å²) < 4.78 is 15.9. The van der Waals surface area contributed by atoms with Gasteiger partial charge in [0.15, 0.2) is 17.5 Å². The summed E-state index contributed by atoms with van der Waals surface area (Å²) in [5.74, 6) is 1.99. The summed E-state index contributed by atoms with van der Waals surface area (Å²) in [6.45, 7) is 4.87. The van der Waals surface area contributed by atoms with E-state index in [0.717, 1.165) is 24.9 Å². The van der Waals surface area contributed by atoms with Gasteiger partial charge in [-0.25, -0.2) is 4.99 Å². The van der Waals surface area contributed by atoms with Crippen molar-refractivity contribution in [2.45, 2.75) is 19.8 Å². The minimum atomic E-state index is -0.0460. The van der Waals surface area contributed by atoms with Gasteiger partial charge in [0, 0.05) is 40.4 Å². The number of carbonyl (C=O) groups excluding carboxylic acids is 1. The number of nitrogens with zero attached hydrogens (tertiary/aromatic N) is 2. The van der Waals surface area contributed by atoms with Crippen molar-refractivity contribution in [3.05, 3.63) is 23.8 Å². The zero-order chi connectivity index (χ0) is 20.8. The molecule has 166 valence electrons. The van der Waals surface area contributed by atoms with Crippen LogP contribution in [0.2, 0.25) is 0 Å². The smallest absolute Gasteiger partial charge is 0.243 e. The van der Waals surface area contributed by atoms with Crippen molar-refractivity contribution in [3.63, 3.8) is 0 Å². The van der Waals surface area contributed by atoms with Crippen LogP contribution in [-0.2, 0) is 16.0 Å². The number of carbonyl (C=O) groups is 1. The van der Waals surface area contributed by atoms with Gasteiger partial charge in [-0.1, -0.05) is 6.07 Å². The number of ether oxygens (including phenoxy) is 3. The highest BCUT2D eigenvalue weighted by molar-refractivity contribution is 14.0. The molecule has 0 saturated heterocycles. The van der Waals surface area contributed by atoms with Gasteiger partial charge in [0.05, 0.1) is 14.2 Å². The van der Waals surface area contributed by atoms with E-state index in [-0.39, 0.29) is 36.4 Å². The van der Waals surface area contributed by atoms with Gasteiger partial charge in [-0.05, 0) is 37.5 Å². The quantitative estimate of drug-likeness (QED) is 0.189. The van der Waals surface area contributed by atoms with Crippen LogP contribution in [0.3, 0.4) is 0 Å². The predicted molar refractivity (Wildman–Crippen MR) is 127 cm³/mol. The fourth-order valence-corrected chi connectivity index (χ4v) is 2.35. The van der Waals surface area contributed by atoms with Crippen LogP contribution in [0.1, 0.15) is 18.9 Å². The Kier molecular flexibility index (Phi) is 15.1. The Bertz CT molecular complexity index is 626. The molecule has 0 aromatic heterocycles. The van der Waals surface area contributed by atoms with Crippen LogP contribution < -0.4 is 20.1 Å². The van der Waals surface area contributed by atoms with Gasteiger partial charge >= 0.3 is 0 Å². The van der Waals surface area contributed by atoms with E-state index in [9.17, 15) is 4.79 Å². The maximum atomic E-state index is 11.8. The zero-order valence-corrected chi connectivity index (χ0v) is 20.4. The Labute approximate surface area is 191 Å². The van der Waals surface area contributed by atoms with Crippen LogP contribution >= 0.6 is 24.0 Å². The summed E-state index contributed by atoms with van der Waals surface area (Å²) in [7, 11) is 6.68. The molecule has 0 radical (unpaired) electrons. The van der Waals surface area contributed by atoms with E-state index >= 15 is 0 Å². The summed E-state index contributed by atoms with van der Waals surface area (Å²) >= 11 is 0. The van der Waals surface area contributed by atoms with Crippen molar-refractivity contribution in [3.8, 4) is 11.5 Å². The van der Waals surface area contributed by atoms with Crippen LogP contribution in [0.4, 0.5) is 0 Å². The standard InChI is InChI=1S/C20H34N4O4.HI/c1-6-28-13-7-11-21-20(23-15-19(25)24(2)3)22-12-10-16-8-9-17(26-4)18(14-16)27-5;/h8-9,14H,6-7,10-13,15H2,1-5H3,(H2,21,22,23);1H. The second-order valence-corrected chi connectivity index (χ2v) is 6.30. The van der Waals surface area contributed by atoms with Gasteiger partial charge in [-0.3, -0.25) is 4.79 Å². The first-order valence-electron chi connectivity index (χ1n) is 9.52. The van der Waals surface area contributed by atoms with Crippen molar-refractivity contribution in [1.29, 1.82) is 0 Å². The molecule has 0 aliphatic carbocycles. The number of nitrogens with one attached hydrogen (secondary N) is 2. The third-order valence-corrected chi connectivity index (χ3v) is 3.99. The number of hydrogen-bond donors (Lipinski definition) is 2. The number of benzene rings is 1. The normalized spacial score (nSPS) is 10.7. The summed E-state index contributed by atoms with van der Waals surface area (Å²) in [4.78, 5) is 17.7. The molecular formula is C20H35IN4O4. The molecule has 1 amide bonds. The predicted octanol–water partition coefficient (Wildman–Crippen LogP) is 1.91. The highest BCUT2D eigenvalue weighted by Crippen LogP contribution is 2.27. The largest absolute Gasteiger partial charge is 0.493 e. The number of rotatable bonds is 12. The molecule has 0 bridgehead atoms. The number of halogens is 1. The average molecular weight is 522 g/mol. The number of methoxy groups -OCH3 is 2. The number of guanidine groups is 1. The van der Waals surface area contributed by atoms with E-state index in [1.165, 1.54) is 4.90 Å². The fourth-order valence-electron chi connectivity index (χ4n) is 2.35. The molecule has 1 aromatic rings. The zero-order valence-electron chi connectivity index (χ0n) is 18.1. The number of amides is 1. The topological polar surface area (TPSA) is 84.4 Å².